The highest BCUT2D eigenvalue weighted by Crippen LogP contribution is 2.25. The smallest absolute Gasteiger partial charge is 0.274 e. The van der Waals surface area contributed by atoms with Crippen LogP contribution >= 0.6 is 0 Å². The van der Waals surface area contributed by atoms with Crippen LogP contribution in [0.25, 0.3) is 28.2 Å². The molecule has 8 heteroatoms. The van der Waals surface area contributed by atoms with E-state index >= 15 is 0 Å². The second-order valence-corrected chi connectivity index (χ2v) is 7.55. The number of nitrogens with zero attached hydrogens (tertiary/aromatic N) is 5. The van der Waals surface area contributed by atoms with E-state index in [1.165, 1.54) is 0 Å². The van der Waals surface area contributed by atoms with Crippen LogP contribution in [0, 0.1) is 20.8 Å². The molecule has 0 radical (unpaired) electrons. The predicted octanol–water partition coefficient (Wildman–Crippen LogP) is 4.62. The van der Waals surface area contributed by atoms with Crippen molar-refractivity contribution < 1.29 is 9.32 Å². The van der Waals surface area contributed by atoms with Crippen LogP contribution in [-0.2, 0) is 0 Å². The largest absolute Gasteiger partial charge is 0.339 e. The summed E-state index contributed by atoms with van der Waals surface area (Å²) in [6.07, 6.45) is 5.25. The van der Waals surface area contributed by atoms with Crippen molar-refractivity contribution in [2.24, 2.45) is 0 Å². The molecular weight excluding hydrogens is 404 g/mol. The average Bonchev–Trinajstić information content (AvgIpc) is 3.41. The third-order valence-corrected chi connectivity index (χ3v) is 5.33. The highest BCUT2D eigenvalue weighted by molar-refractivity contribution is 6.04. The van der Waals surface area contributed by atoms with Gasteiger partial charge in [-0.2, -0.15) is 4.98 Å². The Bertz CT molecular complexity index is 1470. The van der Waals surface area contributed by atoms with Gasteiger partial charge in [-0.05, 0) is 43.7 Å². The molecule has 1 amide bonds. The number of aromatic nitrogens is 5. The fourth-order valence-corrected chi connectivity index (χ4v) is 3.60. The summed E-state index contributed by atoms with van der Waals surface area (Å²) in [6, 6.07) is 13.4. The van der Waals surface area contributed by atoms with Gasteiger partial charge in [0.1, 0.15) is 11.3 Å². The number of anilines is 1. The second-order valence-electron chi connectivity index (χ2n) is 7.55. The molecule has 1 N–H and O–H groups in total. The van der Waals surface area contributed by atoms with Gasteiger partial charge in [0.05, 0.1) is 6.20 Å². The number of fused-ring (bicyclic) bond motifs is 1. The summed E-state index contributed by atoms with van der Waals surface area (Å²) in [7, 11) is 0. The maximum Gasteiger partial charge on any atom is 0.274 e. The van der Waals surface area contributed by atoms with Crippen LogP contribution < -0.4 is 5.32 Å². The molecule has 0 aliphatic carbocycles. The predicted molar refractivity (Wildman–Crippen MR) is 120 cm³/mol. The molecule has 0 saturated carbocycles. The molecule has 0 bridgehead atoms. The van der Waals surface area contributed by atoms with Gasteiger partial charge in [-0.25, -0.2) is 4.98 Å². The molecular formula is C24H20N6O2. The highest BCUT2D eigenvalue weighted by atomic mass is 16.5. The number of aryl methyl sites for hydroxylation is 3. The molecule has 0 atom stereocenters. The van der Waals surface area contributed by atoms with E-state index in [9.17, 15) is 4.79 Å². The van der Waals surface area contributed by atoms with Crippen LogP contribution in [0.3, 0.4) is 0 Å². The Morgan fingerprint density at radius 3 is 2.66 bits per heavy atom. The van der Waals surface area contributed by atoms with Crippen LogP contribution in [0.2, 0.25) is 0 Å². The molecule has 32 heavy (non-hydrogen) atoms. The number of rotatable bonds is 4. The van der Waals surface area contributed by atoms with Crippen molar-refractivity contribution in [3.8, 4) is 22.5 Å². The van der Waals surface area contributed by atoms with Gasteiger partial charge < -0.3 is 9.84 Å². The monoisotopic (exact) mass is 424 g/mol. The minimum Gasteiger partial charge on any atom is -0.339 e. The van der Waals surface area contributed by atoms with Crippen LogP contribution in [0.15, 0.2) is 65.6 Å². The minimum absolute atomic E-state index is 0.262. The van der Waals surface area contributed by atoms with Crippen molar-refractivity contribution >= 4 is 17.2 Å². The molecule has 5 aromatic rings. The molecule has 0 aliphatic heterocycles. The molecule has 0 spiro atoms. The van der Waals surface area contributed by atoms with E-state index in [1.807, 2.05) is 62.5 Å². The third-order valence-electron chi connectivity index (χ3n) is 5.33. The van der Waals surface area contributed by atoms with Crippen LogP contribution in [0.1, 0.15) is 27.6 Å². The van der Waals surface area contributed by atoms with Gasteiger partial charge in [-0.3, -0.25) is 14.2 Å². The Labute approximate surface area is 184 Å². The van der Waals surface area contributed by atoms with Gasteiger partial charge in [0.2, 0.25) is 11.7 Å². The van der Waals surface area contributed by atoms with Gasteiger partial charge in [-0.1, -0.05) is 23.4 Å². The number of hydrogen-bond donors (Lipinski definition) is 1. The Morgan fingerprint density at radius 2 is 1.88 bits per heavy atom. The number of hydrogen-bond acceptors (Lipinski definition) is 6. The van der Waals surface area contributed by atoms with Crippen molar-refractivity contribution in [2.45, 2.75) is 20.8 Å². The quantitative estimate of drug-likeness (QED) is 0.452. The van der Waals surface area contributed by atoms with E-state index in [4.69, 9.17) is 4.52 Å². The van der Waals surface area contributed by atoms with Crippen molar-refractivity contribution in [3.05, 3.63) is 83.9 Å². The minimum atomic E-state index is -0.262. The van der Waals surface area contributed by atoms with Crippen LogP contribution in [-0.4, -0.2) is 30.4 Å². The fraction of sp³-hybridized carbons (Fsp3) is 0.125. The van der Waals surface area contributed by atoms with Gasteiger partial charge >= 0.3 is 0 Å². The summed E-state index contributed by atoms with van der Waals surface area (Å²) in [5, 5.41) is 6.95. The zero-order valence-corrected chi connectivity index (χ0v) is 17.8. The molecule has 0 saturated heterocycles. The van der Waals surface area contributed by atoms with E-state index < -0.39 is 0 Å². The van der Waals surface area contributed by atoms with Crippen LogP contribution in [0.4, 0.5) is 5.69 Å². The number of nitrogens with one attached hydrogen (secondary N) is 1. The lowest BCUT2D eigenvalue weighted by atomic mass is 10.1. The molecule has 0 unspecified atom stereocenters. The Balaban J connectivity index is 1.49. The molecule has 4 heterocycles. The molecule has 5 rings (SSSR count). The first-order valence-corrected chi connectivity index (χ1v) is 10.1. The molecule has 0 fully saturated rings. The Hall–Kier alpha value is -4.33. The summed E-state index contributed by atoms with van der Waals surface area (Å²) in [5.74, 6) is 0.697. The first-order valence-electron chi connectivity index (χ1n) is 10.1. The number of benzene rings is 1. The van der Waals surface area contributed by atoms with Gasteiger partial charge in [0.15, 0.2) is 0 Å². The molecule has 1 aromatic carbocycles. The normalized spacial score (nSPS) is 11.1. The number of imidazole rings is 1. The van der Waals surface area contributed by atoms with Crippen LogP contribution in [0.5, 0.6) is 0 Å². The summed E-state index contributed by atoms with van der Waals surface area (Å²) in [5.41, 5.74) is 6.36. The lowest BCUT2D eigenvalue weighted by Gasteiger charge is -2.10. The lowest BCUT2D eigenvalue weighted by molar-refractivity contribution is 0.102. The van der Waals surface area contributed by atoms with Crippen molar-refractivity contribution in [3.63, 3.8) is 0 Å². The first kappa shape index (κ1) is 19.6. The van der Waals surface area contributed by atoms with Crippen molar-refractivity contribution in [2.75, 3.05) is 5.32 Å². The molecule has 0 aliphatic rings. The maximum absolute atomic E-state index is 13.2. The topological polar surface area (TPSA) is 98.2 Å². The standard InChI is InChI=1S/C24H20N6O2/c1-14-6-7-17(23-27-16(3)32-29-23)11-20(14)28-24(31)21-12-26-22-9-8-18(13-30(21)22)19-5-4-10-25-15(19)2/h4-13H,1-3H3,(H,28,31). The summed E-state index contributed by atoms with van der Waals surface area (Å²) >= 11 is 0. The van der Waals surface area contributed by atoms with E-state index in [-0.39, 0.29) is 5.91 Å². The second kappa shape index (κ2) is 7.73. The molecule has 4 aromatic heterocycles. The third kappa shape index (κ3) is 3.51. The first-order chi connectivity index (χ1) is 15.5. The molecule has 8 nitrogen and oxygen atoms in total. The van der Waals surface area contributed by atoms with Crippen molar-refractivity contribution in [1.82, 2.24) is 24.5 Å². The fourth-order valence-electron chi connectivity index (χ4n) is 3.60. The average molecular weight is 424 g/mol. The zero-order chi connectivity index (χ0) is 22.2. The van der Waals surface area contributed by atoms with E-state index in [0.29, 0.717) is 28.7 Å². The molecule has 158 valence electrons. The van der Waals surface area contributed by atoms with Gasteiger partial charge in [-0.15, -0.1) is 0 Å². The lowest BCUT2D eigenvalue weighted by Crippen LogP contribution is -2.15. The highest BCUT2D eigenvalue weighted by Gasteiger charge is 2.16. The van der Waals surface area contributed by atoms with E-state index in [0.717, 1.165) is 27.9 Å². The SMILES string of the molecule is Cc1nc(-c2ccc(C)c(NC(=O)c3cnc4ccc(-c5cccnc5C)cn34)c2)no1. The summed E-state index contributed by atoms with van der Waals surface area (Å²) in [6.45, 7) is 5.63. The summed E-state index contributed by atoms with van der Waals surface area (Å²) < 4.78 is 6.86. The van der Waals surface area contributed by atoms with Crippen molar-refractivity contribution in [1.29, 1.82) is 0 Å². The van der Waals surface area contributed by atoms with E-state index in [2.05, 4.69) is 25.4 Å². The number of carbonyl (C=O) groups excluding carboxylic acids is 1. The van der Waals surface area contributed by atoms with Gasteiger partial charge in [0.25, 0.3) is 5.91 Å². The number of amides is 1. The van der Waals surface area contributed by atoms with Gasteiger partial charge in [0, 0.05) is 47.4 Å². The Kier molecular flexibility index (Phi) is 4.74. The zero-order valence-electron chi connectivity index (χ0n) is 17.8. The number of pyridine rings is 2. The Morgan fingerprint density at radius 1 is 1.03 bits per heavy atom. The number of carbonyl (C=O) groups is 1. The maximum atomic E-state index is 13.2. The van der Waals surface area contributed by atoms with E-state index in [1.54, 1.807) is 23.7 Å². The summed E-state index contributed by atoms with van der Waals surface area (Å²) in [4.78, 5) is 26.2.